The third-order valence-corrected chi connectivity index (χ3v) is 3.89. The van der Waals surface area contributed by atoms with Gasteiger partial charge in [0.2, 0.25) is 5.91 Å². The molecule has 0 spiro atoms. The van der Waals surface area contributed by atoms with Crippen molar-refractivity contribution in [3.05, 3.63) is 34.7 Å². The van der Waals surface area contributed by atoms with Gasteiger partial charge >= 0.3 is 5.97 Å². The van der Waals surface area contributed by atoms with Crippen LogP contribution in [-0.4, -0.2) is 28.9 Å². The van der Waals surface area contributed by atoms with Gasteiger partial charge in [0.05, 0.1) is 18.4 Å². The number of hydrogen-bond donors (Lipinski definition) is 1. The predicted octanol–water partition coefficient (Wildman–Crippen LogP) is 2.67. The van der Waals surface area contributed by atoms with Crippen LogP contribution in [0.3, 0.4) is 0 Å². The maximum atomic E-state index is 12.4. The van der Waals surface area contributed by atoms with Crippen LogP contribution in [0.1, 0.15) is 18.6 Å². The topological polar surface area (TPSA) is 70.8 Å². The molecule has 108 valence electrons. The van der Waals surface area contributed by atoms with Crippen molar-refractivity contribution >= 4 is 27.8 Å². The number of carbonyl (C=O) groups is 2. The molecule has 1 aliphatic carbocycles. The first-order chi connectivity index (χ1) is 9.49. The van der Waals surface area contributed by atoms with E-state index >= 15 is 0 Å². The third kappa shape index (κ3) is 3.30. The Kier molecular flexibility index (Phi) is 4.65. The molecule has 1 amide bonds. The maximum absolute atomic E-state index is 12.4. The lowest BCUT2D eigenvalue weighted by atomic mass is 9.82. The Morgan fingerprint density at radius 2 is 2.00 bits per heavy atom. The van der Waals surface area contributed by atoms with Crippen molar-refractivity contribution in [2.75, 3.05) is 7.05 Å². The van der Waals surface area contributed by atoms with Crippen LogP contribution in [0.2, 0.25) is 0 Å². The van der Waals surface area contributed by atoms with Gasteiger partial charge in [-0.05, 0) is 40.9 Å². The van der Waals surface area contributed by atoms with Crippen molar-refractivity contribution in [2.45, 2.75) is 19.4 Å². The van der Waals surface area contributed by atoms with E-state index in [9.17, 15) is 14.7 Å². The van der Waals surface area contributed by atoms with Gasteiger partial charge in [-0.3, -0.25) is 9.59 Å². The monoisotopic (exact) mass is 341 g/mol. The minimum Gasteiger partial charge on any atom is -0.481 e. The van der Waals surface area contributed by atoms with Crippen LogP contribution < -0.4 is 0 Å². The molecular weight excluding hydrogens is 326 g/mol. The van der Waals surface area contributed by atoms with Crippen LogP contribution in [0.25, 0.3) is 0 Å². The van der Waals surface area contributed by atoms with E-state index in [-0.39, 0.29) is 5.91 Å². The van der Waals surface area contributed by atoms with Gasteiger partial charge in [-0.25, -0.2) is 0 Å². The molecule has 0 aliphatic heterocycles. The Morgan fingerprint density at radius 3 is 2.55 bits per heavy atom. The average molecular weight is 342 g/mol. The lowest BCUT2D eigenvalue weighted by molar-refractivity contribution is -0.150. The largest absolute Gasteiger partial charge is 0.481 e. The second-order valence-corrected chi connectivity index (χ2v) is 5.68. The minimum absolute atomic E-state index is 0.158. The molecule has 0 fully saturated rings. The van der Waals surface area contributed by atoms with Gasteiger partial charge in [0, 0.05) is 7.05 Å². The summed E-state index contributed by atoms with van der Waals surface area (Å²) in [6, 6.07) is 3.54. The smallest absolute Gasteiger partial charge is 0.307 e. The van der Waals surface area contributed by atoms with Crippen LogP contribution in [0.15, 0.2) is 33.4 Å². The van der Waals surface area contributed by atoms with E-state index in [1.165, 1.54) is 4.90 Å². The summed E-state index contributed by atoms with van der Waals surface area (Å²) in [6.45, 7) is 0.330. The first-order valence-electron chi connectivity index (χ1n) is 6.36. The molecule has 0 unspecified atom stereocenters. The van der Waals surface area contributed by atoms with Crippen molar-refractivity contribution in [3.8, 4) is 0 Å². The minimum atomic E-state index is -0.915. The summed E-state index contributed by atoms with van der Waals surface area (Å²) in [5.74, 6) is -1.55. The predicted molar refractivity (Wildman–Crippen MR) is 75.9 cm³/mol. The van der Waals surface area contributed by atoms with Crippen molar-refractivity contribution in [3.63, 3.8) is 0 Å². The Hall–Kier alpha value is -1.56. The summed E-state index contributed by atoms with van der Waals surface area (Å²) in [7, 11) is 1.66. The number of aliphatic carboxylic acids is 1. The zero-order valence-corrected chi connectivity index (χ0v) is 12.7. The van der Waals surface area contributed by atoms with E-state index in [2.05, 4.69) is 15.9 Å². The molecule has 1 aliphatic rings. The van der Waals surface area contributed by atoms with E-state index in [1.54, 1.807) is 19.2 Å². The number of amides is 1. The highest BCUT2D eigenvalue weighted by atomic mass is 79.9. The molecule has 1 aromatic heterocycles. The highest BCUT2D eigenvalue weighted by Crippen LogP contribution is 2.28. The van der Waals surface area contributed by atoms with Crippen molar-refractivity contribution in [2.24, 2.45) is 11.8 Å². The number of nitrogens with zero attached hydrogens (tertiary/aromatic N) is 1. The molecule has 1 heterocycles. The van der Waals surface area contributed by atoms with E-state index in [1.807, 2.05) is 12.2 Å². The Balaban J connectivity index is 2.05. The number of carboxylic acid groups (broad SMARTS) is 1. The van der Waals surface area contributed by atoms with Gasteiger partial charge in [-0.15, -0.1) is 0 Å². The number of allylic oxidation sites excluding steroid dienone is 2. The number of halogens is 1. The van der Waals surface area contributed by atoms with Crippen LogP contribution in [0.4, 0.5) is 0 Å². The number of carbonyl (C=O) groups excluding carboxylic acids is 1. The molecule has 0 saturated carbocycles. The first kappa shape index (κ1) is 14.8. The summed E-state index contributed by atoms with van der Waals surface area (Å²) in [5, 5.41) is 9.20. The van der Waals surface area contributed by atoms with Crippen molar-refractivity contribution in [1.82, 2.24) is 4.90 Å². The lowest BCUT2D eigenvalue weighted by Crippen LogP contribution is -2.39. The molecule has 0 radical (unpaired) electrons. The first-order valence-corrected chi connectivity index (χ1v) is 7.15. The van der Waals surface area contributed by atoms with Gasteiger partial charge in [0.25, 0.3) is 0 Å². The fraction of sp³-hybridized carbons (Fsp3) is 0.429. The second-order valence-electron chi connectivity index (χ2n) is 4.89. The van der Waals surface area contributed by atoms with E-state index in [0.717, 1.165) is 0 Å². The highest BCUT2D eigenvalue weighted by Gasteiger charge is 2.35. The summed E-state index contributed by atoms with van der Waals surface area (Å²) in [6.07, 6.45) is 4.58. The standard InChI is InChI=1S/C14H16BrNO4/c1-16(8-9-6-7-12(15)20-9)13(17)10-4-2-3-5-11(10)14(18)19/h2-3,6-7,10-11H,4-5,8H2,1H3,(H,18,19)/t10-,11-/m0/s1. The molecule has 2 atom stereocenters. The Morgan fingerprint density at radius 1 is 1.35 bits per heavy atom. The van der Waals surface area contributed by atoms with Gasteiger partial charge < -0.3 is 14.4 Å². The molecule has 20 heavy (non-hydrogen) atoms. The van der Waals surface area contributed by atoms with Crippen LogP contribution in [-0.2, 0) is 16.1 Å². The molecule has 1 aromatic rings. The summed E-state index contributed by atoms with van der Waals surface area (Å²) in [5.41, 5.74) is 0. The van der Waals surface area contributed by atoms with Gasteiger partial charge in [0.15, 0.2) is 4.67 Å². The normalized spacial score (nSPS) is 21.7. The highest BCUT2D eigenvalue weighted by molar-refractivity contribution is 9.10. The molecule has 0 saturated heterocycles. The molecule has 0 bridgehead atoms. The molecule has 5 nitrogen and oxygen atoms in total. The van der Waals surface area contributed by atoms with Gasteiger partial charge in [-0.1, -0.05) is 12.2 Å². The van der Waals surface area contributed by atoms with E-state index in [4.69, 9.17) is 4.42 Å². The summed E-state index contributed by atoms with van der Waals surface area (Å²) < 4.78 is 5.97. The molecule has 2 rings (SSSR count). The summed E-state index contributed by atoms with van der Waals surface area (Å²) >= 11 is 3.21. The molecule has 1 N–H and O–H groups in total. The molecule has 6 heteroatoms. The fourth-order valence-corrected chi connectivity index (χ4v) is 2.73. The number of rotatable bonds is 4. The van der Waals surface area contributed by atoms with Crippen molar-refractivity contribution in [1.29, 1.82) is 0 Å². The molecule has 0 aromatic carbocycles. The second kappa shape index (κ2) is 6.26. The van der Waals surface area contributed by atoms with Crippen LogP contribution >= 0.6 is 15.9 Å². The number of furan rings is 1. The zero-order valence-electron chi connectivity index (χ0n) is 11.1. The van der Waals surface area contributed by atoms with Gasteiger partial charge in [0.1, 0.15) is 5.76 Å². The Bertz CT molecular complexity index is 537. The maximum Gasteiger partial charge on any atom is 0.307 e. The third-order valence-electron chi connectivity index (χ3n) is 3.46. The lowest BCUT2D eigenvalue weighted by Gasteiger charge is -2.28. The van der Waals surface area contributed by atoms with Gasteiger partial charge in [-0.2, -0.15) is 0 Å². The van der Waals surface area contributed by atoms with E-state index < -0.39 is 17.8 Å². The molecular formula is C14H16BrNO4. The van der Waals surface area contributed by atoms with E-state index in [0.29, 0.717) is 29.8 Å². The number of hydrogen-bond acceptors (Lipinski definition) is 3. The van der Waals surface area contributed by atoms with Crippen LogP contribution in [0, 0.1) is 11.8 Å². The Labute approximate surface area is 125 Å². The number of carboxylic acids is 1. The fourth-order valence-electron chi connectivity index (χ4n) is 2.39. The average Bonchev–Trinajstić information content (AvgIpc) is 2.83. The van der Waals surface area contributed by atoms with Crippen LogP contribution in [0.5, 0.6) is 0 Å². The van der Waals surface area contributed by atoms with Crippen molar-refractivity contribution < 1.29 is 19.1 Å². The summed E-state index contributed by atoms with van der Waals surface area (Å²) in [4.78, 5) is 25.1. The zero-order chi connectivity index (χ0) is 14.7. The SMILES string of the molecule is CN(Cc1ccc(Br)o1)C(=O)[C@H]1CC=CC[C@@H]1C(=O)O. The quantitative estimate of drug-likeness (QED) is 0.854.